The maximum absolute atomic E-state index is 11.6. The van der Waals surface area contributed by atoms with Crippen molar-refractivity contribution in [2.24, 2.45) is 0 Å². The second kappa shape index (κ2) is 7.14. The summed E-state index contributed by atoms with van der Waals surface area (Å²) in [4.78, 5) is 11.6. The molecule has 0 spiro atoms. The second-order valence-corrected chi connectivity index (χ2v) is 4.62. The van der Waals surface area contributed by atoms with Crippen LogP contribution < -0.4 is 11.5 Å². The van der Waals surface area contributed by atoms with Crippen molar-refractivity contribution in [1.29, 1.82) is 0 Å². The van der Waals surface area contributed by atoms with Crippen LogP contribution in [-0.2, 0) is 16.0 Å². The first kappa shape index (κ1) is 14.7. The number of benzene rings is 2. The summed E-state index contributed by atoms with van der Waals surface area (Å²) < 4.78 is 5.14. The molecule has 0 fully saturated rings. The molecule has 0 aliphatic rings. The molecule has 0 radical (unpaired) electrons. The number of esters is 1. The Morgan fingerprint density at radius 2 is 1.86 bits per heavy atom. The number of anilines is 2. The van der Waals surface area contributed by atoms with Gasteiger partial charge in [0.1, 0.15) is 0 Å². The smallest absolute Gasteiger partial charge is 0.330 e. The summed E-state index contributed by atoms with van der Waals surface area (Å²) >= 11 is 0. The van der Waals surface area contributed by atoms with E-state index in [9.17, 15) is 4.79 Å². The highest BCUT2D eigenvalue weighted by atomic mass is 16.5. The van der Waals surface area contributed by atoms with Gasteiger partial charge >= 0.3 is 5.97 Å². The van der Waals surface area contributed by atoms with Crippen molar-refractivity contribution in [3.05, 3.63) is 65.7 Å². The first-order valence-electron chi connectivity index (χ1n) is 6.69. The number of nitrogen functional groups attached to an aromatic ring is 2. The highest BCUT2D eigenvalue weighted by Gasteiger charge is 2.02. The van der Waals surface area contributed by atoms with Crippen molar-refractivity contribution in [1.82, 2.24) is 0 Å². The SMILES string of the molecule is Nc1ccc(CCOC(=O)/C=C/c2ccccc2)c(N)c1. The largest absolute Gasteiger partial charge is 0.462 e. The molecular weight excluding hydrogens is 264 g/mol. The van der Waals surface area contributed by atoms with E-state index in [0.717, 1.165) is 11.1 Å². The van der Waals surface area contributed by atoms with Gasteiger partial charge in [0.25, 0.3) is 0 Å². The van der Waals surface area contributed by atoms with Crippen LogP contribution in [0.25, 0.3) is 6.08 Å². The first-order chi connectivity index (χ1) is 10.1. The van der Waals surface area contributed by atoms with Gasteiger partial charge in [0.15, 0.2) is 0 Å². The second-order valence-electron chi connectivity index (χ2n) is 4.62. The third kappa shape index (κ3) is 4.69. The topological polar surface area (TPSA) is 78.3 Å². The van der Waals surface area contributed by atoms with Crippen molar-refractivity contribution < 1.29 is 9.53 Å². The Balaban J connectivity index is 1.80. The lowest BCUT2D eigenvalue weighted by molar-refractivity contribution is -0.137. The average molecular weight is 282 g/mol. The van der Waals surface area contributed by atoms with E-state index >= 15 is 0 Å². The molecule has 0 amide bonds. The summed E-state index contributed by atoms with van der Waals surface area (Å²) in [5.41, 5.74) is 14.6. The number of ether oxygens (including phenoxy) is 1. The van der Waals surface area contributed by atoms with Gasteiger partial charge in [-0.05, 0) is 29.3 Å². The van der Waals surface area contributed by atoms with Gasteiger partial charge in [-0.15, -0.1) is 0 Å². The van der Waals surface area contributed by atoms with Crippen molar-refractivity contribution >= 4 is 23.4 Å². The number of rotatable bonds is 5. The van der Waals surface area contributed by atoms with E-state index in [4.69, 9.17) is 16.2 Å². The molecule has 0 bridgehead atoms. The van der Waals surface area contributed by atoms with Crippen molar-refractivity contribution in [3.8, 4) is 0 Å². The number of hydrogen-bond acceptors (Lipinski definition) is 4. The van der Waals surface area contributed by atoms with E-state index in [1.54, 1.807) is 18.2 Å². The van der Waals surface area contributed by atoms with Gasteiger partial charge in [-0.1, -0.05) is 36.4 Å². The Labute approximate surface area is 124 Å². The van der Waals surface area contributed by atoms with Gasteiger partial charge in [-0.3, -0.25) is 0 Å². The normalized spacial score (nSPS) is 10.7. The Hall–Kier alpha value is -2.75. The molecule has 0 aromatic heterocycles. The van der Waals surface area contributed by atoms with Crippen LogP contribution >= 0.6 is 0 Å². The molecule has 0 atom stereocenters. The van der Waals surface area contributed by atoms with Gasteiger partial charge in [0, 0.05) is 23.9 Å². The lowest BCUT2D eigenvalue weighted by atomic mass is 10.1. The minimum Gasteiger partial charge on any atom is -0.462 e. The van der Waals surface area contributed by atoms with Gasteiger partial charge in [-0.2, -0.15) is 0 Å². The molecule has 21 heavy (non-hydrogen) atoms. The summed E-state index contributed by atoms with van der Waals surface area (Å²) in [6.07, 6.45) is 3.71. The summed E-state index contributed by atoms with van der Waals surface area (Å²) in [7, 11) is 0. The molecule has 2 aromatic carbocycles. The predicted octanol–water partition coefficient (Wildman–Crippen LogP) is 2.65. The minimum atomic E-state index is -0.368. The summed E-state index contributed by atoms with van der Waals surface area (Å²) in [6.45, 7) is 0.284. The Morgan fingerprint density at radius 3 is 2.57 bits per heavy atom. The van der Waals surface area contributed by atoms with Gasteiger partial charge < -0.3 is 16.2 Å². The zero-order valence-corrected chi connectivity index (χ0v) is 11.7. The third-order valence-corrected chi connectivity index (χ3v) is 3.00. The molecule has 4 heteroatoms. The third-order valence-electron chi connectivity index (χ3n) is 3.00. The summed E-state index contributed by atoms with van der Waals surface area (Å²) in [5.74, 6) is -0.368. The maximum atomic E-state index is 11.6. The summed E-state index contributed by atoms with van der Waals surface area (Å²) in [6, 6.07) is 14.9. The Bertz CT molecular complexity index is 636. The molecular formula is C17H18N2O2. The molecule has 0 heterocycles. The highest BCUT2D eigenvalue weighted by Crippen LogP contribution is 2.16. The number of hydrogen-bond donors (Lipinski definition) is 2. The van der Waals surface area contributed by atoms with Crippen molar-refractivity contribution in [3.63, 3.8) is 0 Å². The van der Waals surface area contributed by atoms with E-state index in [1.165, 1.54) is 6.08 Å². The fourth-order valence-electron chi connectivity index (χ4n) is 1.88. The van der Waals surface area contributed by atoms with Gasteiger partial charge in [0.05, 0.1) is 6.61 Å². The maximum Gasteiger partial charge on any atom is 0.330 e. The van der Waals surface area contributed by atoms with Crippen molar-refractivity contribution in [2.75, 3.05) is 18.1 Å². The van der Waals surface area contributed by atoms with Gasteiger partial charge in [-0.25, -0.2) is 4.79 Å². The zero-order chi connectivity index (χ0) is 15.1. The molecule has 2 aromatic rings. The monoisotopic (exact) mass is 282 g/mol. The van der Waals surface area contributed by atoms with Crippen LogP contribution in [0, 0.1) is 0 Å². The van der Waals surface area contributed by atoms with E-state index in [0.29, 0.717) is 17.8 Å². The molecule has 108 valence electrons. The van der Waals surface area contributed by atoms with E-state index in [1.807, 2.05) is 36.4 Å². The number of carbonyl (C=O) groups is 1. The molecule has 4 N–H and O–H groups in total. The van der Waals surface area contributed by atoms with Crippen LogP contribution in [0.5, 0.6) is 0 Å². The van der Waals surface area contributed by atoms with Crippen molar-refractivity contribution in [2.45, 2.75) is 6.42 Å². The number of carbonyl (C=O) groups excluding carboxylic acids is 1. The Morgan fingerprint density at radius 1 is 1.10 bits per heavy atom. The van der Waals surface area contributed by atoms with E-state index < -0.39 is 0 Å². The standard InChI is InChI=1S/C17H18N2O2/c18-15-8-7-14(16(19)12-15)10-11-21-17(20)9-6-13-4-2-1-3-5-13/h1-9,12H,10-11,18-19H2/b9-6+. The van der Waals surface area contributed by atoms with Crippen LogP contribution in [0.3, 0.4) is 0 Å². The fraction of sp³-hybridized carbons (Fsp3) is 0.118. The predicted molar refractivity (Wildman–Crippen MR) is 85.4 cm³/mol. The molecule has 2 rings (SSSR count). The lowest BCUT2D eigenvalue weighted by Gasteiger charge is -2.06. The molecule has 0 aliphatic heterocycles. The highest BCUT2D eigenvalue weighted by molar-refractivity contribution is 5.87. The van der Waals surface area contributed by atoms with E-state index in [-0.39, 0.29) is 12.6 Å². The Kier molecular flexibility index (Phi) is 4.99. The van der Waals surface area contributed by atoms with Crippen LogP contribution in [0.15, 0.2) is 54.6 Å². The van der Waals surface area contributed by atoms with Gasteiger partial charge in [0.2, 0.25) is 0 Å². The molecule has 4 nitrogen and oxygen atoms in total. The molecule has 0 saturated carbocycles. The number of nitrogens with two attached hydrogens (primary N) is 2. The van der Waals surface area contributed by atoms with Crippen LogP contribution in [-0.4, -0.2) is 12.6 Å². The summed E-state index contributed by atoms with van der Waals surface area (Å²) in [5, 5.41) is 0. The molecule has 0 aliphatic carbocycles. The average Bonchev–Trinajstić information content (AvgIpc) is 2.48. The molecule has 0 saturated heterocycles. The van der Waals surface area contributed by atoms with E-state index in [2.05, 4.69) is 0 Å². The van der Waals surface area contributed by atoms with Crippen LogP contribution in [0.1, 0.15) is 11.1 Å². The molecule has 0 unspecified atom stereocenters. The zero-order valence-electron chi connectivity index (χ0n) is 11.7. The quantitative estimate of drug-likeness (QED) is 0.502. The lowest BCUT2D eigenvalue weighted by Crippen LogP contribution is -2.06. The fourth-order valence-corrected chi connectivity index (χ4v) is 1.88. The minimum absolute atomic E-state index is 0.284. The first-order valence-corrected chi connectivity index (χ1v) is 6.69. The van der Waals surface area contributed by atoms with Crippen LogP contribution in [0.4, 0.5) is 11.4 Å². The van der Waals surface area contributed by atoms with Crippen LogP contribution in [0.2, 0.25) is 0 Å².